The SMILES string of the molecule is [2H]CC/C=C/C(C(=O)N[CH]([RaH])C(C)=O)C(O)(CCOP)C(C)=O. The van der Waals surface area contributed by atoms with Crippen LogP contribution in [0.25, 0.3) is 0 Å². The van der Waals surface area contributed by atoms with Crippen LogP contribution < -0.4 is 5.32 Å². The number of aliphatic hydroxyl groups is 1. The number of Topliss-reactive ketones (excluding diaryl/α,β-unsaturated/α-hetero) is 2. The number of hydrogen-bond acceptors (Lipinski definition) is 5. The molecule has 6 nitrogen and oxygen atoms in total. The molecule has 0 fully saturated rings. The molecule has 0 aliphatic rings. The Kier molecular flexibility index (Phi) is 10.2. The van der Waals surface area contributed by atoms with Crippen LogP contribution in [0.2, 0.25) is 0 Å². The van der Waals surface area contributed by atoms with Crippen molar-refractivity contribution in [1.82, 2.24) is 5.32 Å². The third-order valence-electron chi connectivity index (χ3n) is 3.47. The topological polar surface area (TPSA) is 92.7 Å². The van der Waals surface area contributed by atoms with Crippen LogP contribution in [-0.2, 0) is 18.9 Å². The molecule has 1 amide bonds. The van der Waals surface area contributed by atoms with Crippen molar-refractivity contribution in [1.29, 1.82) is 0 Å². The molecule has 0 saturated heterocycles. The second-order valence-corrected chi connectivity index (χ2v) is 10.2. The minimum absolute atomic E-state index is 0.0471. The van der Waals surface area contributed by atoms with Crippen LogP contribution in [0.4, 0.5) is 0 Å². The molecule has 0 aromatic heterocycles. The molecular formula is C14H24NO5PRa. The van der Waals surface area contributed by atoms with E-state index in [0.717, 1.165) is 0 Å². The fourth-order valence-corrected chi connectivity index (χ4v) is 3.15. The fourth-order valence-electron chi connectivity index (χ4n) is 1.87. The van der Waals surface area contributed by atoms with Gasteiger partial charge in [-0.05, 0) is 0 Å². The summed E-state index contributed by atoms with van der Waals surface area (Å²) in [6.07, 6.45) is 3.39. The average molecular weight is 544 g/mol. The van der Waals surface area contributed by atoms with Gasteiger partial charge in [0.2, 0.25) is 0 Å². The van der Waals surface area contributed by atoms with E-state index in [2.05, 4.69) is 5.32 Å². The molecule has 0 radical (unpaired) electrons. The van der Waals surface area contributed by atoms with Crippen molar-refractivity contribution in [2.24, 2.45) is 5.92 Å². The molecule has 0 heterocycles. The Hall–Kier alpha value is 0.368. The van der Waals surface area contributed by atoms with E-state index < -0.39 is 24.3 Å². The van der Waals surface area contributed by atoms with Crippen LogP contribution in [0.5, 0.6) is 0 Å². The van der Waals surface area contributed by atoms with Crippen molar-refractivity contribution >= 4 is 26.9 Å². The molecule has 4 unspecified atom stereocenters. The molecule has 122 valence electrons. The predicted molar refractivity (Wildman–Crippen MR) is 82.8 cm³/mol. The molecule has 22 heavy (non-hydrogen) atoms. The van der Waals surface area contributed by atoms with Crippen molar-refractivity contribution in [3.05, 3.63) is 12.2 Å². The zero-order chi connectivity index (χ0) is 18.0. The molecule has 0 spiro atoms. The van der Waals surface area contributed by atoms with Gasteiger partial charge in [0.1, 0.15) is 0 Å². The summed E-state index contributed by atoms with van der Waals surface area (Å²) in [7, 11) is 2.03. The third-order valence-corrected chi connectivity index (χ3v) is 8.23. The van der Waals surface area contributed by atoms with E-state index in [4.69, 9.17) is 5.89 Å². The van der Waals surface area contributed by atoms with Crippen LogP contribution in [0, 0.1) is 48.7 Å². The van der Waals surface area contributed by atoms with Gasteiger partial charge >= 0.3 is 165 Å². The van der Waals surface area contributed by atoms with E-state index in [0.29, 0.717) is 6.42 Å². The normalized spacial score (nSPS) is 17.3. The molecule has 0 rings (SSSR count). The summed E-state index contributed by atoms with van der Waals surface area (Å²) < 4.78 is 11.5. The molecule has 0 bridgehead atoms. The summed E-state index contributed by atoms with van der Waals surface area (Å²) in [5, 5.41) is 13.3. The Balaban J connectivity index is 5.49. The van der Waals surface area contributed by atoms with Gasteiger partial charge in [-0.25, -0.2) is 0 Å². The van der Waals surface area contributed by atoms with E-state index in [9.17, 15) is 19.5 Å². The van der Waals surface area contributed by atoms with E-state index in [-0.39, 0.29) is 68.5 Å². The predicted octanol–water partition coefficient (Wildman–Crippen LogP) is 0.399. The van der Waals surface area contributed by atoms with Gasteiger partial charge in [0.25, 0.3) is 0 Å². The number of amides is 1. The molecule has 0 aliphatic carbocycles. The zero-order valence-electron chi connectivity index (χ0n) is 14.3. The van der Waals surface area contributed by atoms with Crippen LogP contribution in [0.1, 0.15) is 35.0 Å². The molecule has 8 heteroatoms. The molecule has 0 aliphatic heterocycles. The van der Waals surface area contributed by atoms with Crippen LogP contribution >= 0.6 is 9.47 Å². The molecule has 0 saturated carbocycles. The van der Waals surface area contributed by atoms with Crippen molar-refractivity contribution < 1.29 is 68.2 Å². The van der Waals surface area contributed by atoms with Crippen molar-refractivity contribution in [2.75, 3.05) is 6.61 Å². The van der Waals surface area contributed by atoms with Crippen molar-refractivity contribution in [3.63, 3.8) is 0 Å². The summed E-state index contributed by atoms with van der Waals surface area (Å²) in [6.45, 7) is 2.84. The maximum atomic E-state index is 12.5. The first-order chi connectivity index (χ1) is 10.7. The Morgan fingerprint density at radius 1 is 1.50 bits per heavy atom. The van der Waals surface area contributed by atoms with Crippen molar-refractivity contribution in [2.45, 2.75) is 40.3 Å². The number of carbonyl (C=O) groups is 3. The second-order valence-electron chi connectivity index (χ2n) is 5.14. The molecule has 0 aromatic rings. The zero-order valence-corrected chi connectivity index (χ0v) is 22.7. The Labute approximate surface area is 164 Å². The summed E-state index contributed by atoms with van der Waals surface area (Å²) in [5.41, 5.74) is -1.91. The summed E-state index contributed by atoms with van der Waals surface area (Å²) in [4.78, 5) is 35.8. The summed E-state index contributed by atoms with van der Waals surface area (Å²) in [5.74, 6) is -2.35. The summed E-state index contributed by atoms with van der Waals surface area (Å²) >= 11 is -0.291. The number of allylic oxidation sites excluding steroid dienone is 1. The van der Waals surface area contributed by atoms with Gasteiger partial charge in [-0.15, -0.1) is 0 Å². The van der Waals surface area contributed by atoms with Crippen LogP contribution in [0.15, 0.2) is 12.2 Å². The van der Waals surface area contributed by atoms with Gasteiger partial charge in [-0.2, -0.15) is 0 Å². The number of carbonyl (C=O) groups excluding carboxylic acids is 3. The van der Waals surface area contributed by atoms with Gasteiger partial charge in [-0.1, -0.05) is 0 Å². The monoisotopic (exact) mass is 544 g/mol. The average Bonchev–Trinajstić information content (AvgIpc) is 2.48. The quantitative estimate of drug-likeness (QED) is 0.307. The molecule has 0 aromatic carbocycles. The number of ketones is 2. The maximum absolute atomic E-state index is 12.5. The number of hydrogen-bond donors (Lipinski definition) is 2. The summed E-state index contributed by atoms with van der Waals surface area (Å²) in [6, 6.07) is 0. The molecular weight excluding hydrogens is 519 g/mol. The van der Waals surface area contributed by atoms with E-state index in [1.165, 1.54) is 19.9 Å². The van der Waals surface area contributed by atoms with E-state index in [1.807, 2.05) is 9.47 Å². The Morgan fingerprint density at radius 3 is 2.59 bits per heavy atom. The Bertz CT molecular complexity index is 462. The first-order valence-corrected chi connectivity index (χ1v) is 12.2. The minimum atomic E-state index is -1.91. The van der Waals surface area contributed by atoms with Crippen molar-refractivity contribution in [3.8, 4) is 0 Å². The number of rotatable bonds is 10. The van der Waals surface area contributed by atoms with E-state index in [1.54, 1.807) is 6.08 Å². The van der Waals surface area contributed by atoms with Gasteiger partial charge < -0.3 is 0 Å². The van der Waals surface area contributed by atoms with Gasteiger partial charge in [0.15, 0.2) is 0 Å². The second kappa shape index (κ2) is 11.0. The number of nitrogens with one attached hydrogen (secondary N) is 1. The van der Waals surface area contributed by atoms with Gasteiger partial charge in [0.05, 0.1) is 0 Å². The third kappa shape index (κ3) is 6.86. The molecule has 4 atom stereocenters. The standard InChI is InChI=1S/C14H23NO5P.Ra.H/c1-4-5-6-12(13(18)15-9-10(2)16)14(19,11(3)17)7-8-20-21;;/h5-6,9,12,19H,4,7-8,21H2,1-3H3,(H,15,18);;/b6-5+;;/i1D;;. The first kappa shape index (κ1) is 20.4. The fraction of sp³-hybridized carbons (Fsp3) is 0.643. The molecule has 2 N–H and O–H groups in total. The van der Waals surface area contributed by atoms with Gasteiger partial charge in [-0.3, -0.25) is 0 Å². The Morgan fingerprint density at radius 2 is 2.14 bits per heavy atom. The first-order valence-electron chi connectivity index (χ1n) is 7.73. The van der Waals surface area contributed by atoms with Gasteiger partial charge in [0, 0.05) is 0 Å². The van der Waals surface area contributed by atoms with Crippen LogP contribution in [0.3, 0.4) is 0 Å². The van der Waals surface area contributed by atoms with E-state index >= 15 is 0 Å². The van der Waals surface area contributed by atoms with Crippen LogP contribution in [-0.4, -0.2) is 35.9 Å².